The molecule has 0 aromatic heterocycles. The number of rotatable bonds is 6. The quantitative estimate of drug-likeness (QED) is 0.763. The van der Waals surface area contributed by atoms with Gasteiger partial charge in [0, 0.05) is 26.7 Å². The van der Waals surface area contributed by atoms with Crippen molar-refractivity contribution in [2.24, 2.45) is 0 Å². The minimum absolute atomic E-state index is 0.124. The van der Waals surface area contributed by atoms with Gasteiger partial charge in [-0.05, 0) is 37.5 Å². The second kappa shape index (κ2) is 8.08. The molecular weight excluding hydrogens is 380 g/mol. The van der Waals surface area contributed by atoms with Crippen LogP contribution in [0, 0.1) is 0 Å². The Morgan fingerprint density at radius 2 is 1.93 bits per heavy atom. The number of nitrogens with one attached hydrogen (secondary N) is 1. The number of piperidine rings is 1. The first-order chi connectivity index (χ1) is 13.3. The number of carbonyl (C=O) groups is 2. The molecule has 1 atom stereocenters. The molecular formula is C19H28N4O4S. The number of likely N-dealkylation sites (N-methyl/N-ethyl adjacent to an activating group) is 1. The van der Waals surface area contributed by atoms with E-state index in [0.29, 0.717) is 18.8 Å². The molecule has 1 aromatic carbocycles. The SMILES string of the molecule is CCN(CC)S(=O)(=O)c1ccc2c(c1)N(CC(=O)NC)C(=O)C1CCCCN21. The molecule has 0 radical (unpaired) electrons. The summed E-state index contributed by atoms with van der Waals surface area (Å²) < 4.78 is 27.3. The standard InChI is InChI=1S/C19H28N4O4S/c1-4-21(5-2)28(26,27)14-9-10-15-17(12-14)23(13-18(24)20-3)19(25)16-8-6-7-11-22(15)16/h9-10,12,16H,4-8,11,13H2,1-3H3,(H,20,24). The third-order valence-corrected chi connectivity index (χ3v) is 7.57. The molecule has 1 aromatic rings. The summed E-state index contributed by atoms with van der Waals surface area (Å²) >= 11 is 0. The lowest BCUT2D eigenvalue weighted by molar-refractivity contribution is -0.124. The molecule has 9 heteroatoms. The van der Waals surface area contributed by atoms with Crippen molar-refractivity contribution in [3.63, 3.8) is 0 Å². The van der Waals surface area contributed by atoms with E-state index in [1.54, 1.807) is 26.0 Å². The van der Waals surface area contributed by atoms with Gasteiger partial charge in [0.05, 0.1) is 16.3 Å². The van der Waals surface area contributed by atoms with Gasteiger partial charge in [0.15, 0.2) is 0 Å². The Hall–Kier alpha value is -2.13. The van der Waals surface area contributed by atoms with Crippen LogP contribution >= 0.6 is 0 Å². The largest absolute Gasteiger partial charge is 0.358 e. The molecule has 1 N–H and O–H groups in total. The Morgan fingerprint density at radius 1 is 1.21 bits per heavy atom. The van der Waals surface area contributed by atoms with Crippen molar-refractivity contribution in [3.05, 3.63) is 18.2 Å². The Kier molecular flexibility index (Phi) is 5.95. The highest BCUT2D eigenvalue weighted by molar-refractivity contribution is 7.89. The fourth-order valence-electron chi connectivity index (χ4n) is 4.00. The summed E-state index contributed by atoms with van der Waals surface area (Å²) in [5, 5.41) is 2.54. The number of anilines is 2. The van der Waals surface area contributed by atoms with Crippen molar-refractivity contribution in [3.8, 4) is 0 Å². The Balaban J connectivity index is 2.11. The first kappa shape index (κ1) is 20.6. The molecule has 8 nitrogen and oxygen atoms in total. The third-order valence-electron chi connectivity index (χ3n) is 5.52. The Morgan fingerprint density at radius 3 is 2.57 bits per heavy atom. The lowest BCUT2D eigenvalue weighted by Gasteiger charge is -2.45. The van der Waals surface area contributed by atoms with Crippen molar-refractivity contribution < 1.29 is 18.0 Å². The molecule has 1 saturated heterocycles. The number of hydrogen-bond acceptors (Lipinski definition) is 5. The average molecular weight is 409 g/mol. The summed E-state index contributed by atoms with van der Waals surface area (Å²) in [5.74, 6) is -0.436. The van der Waals surface area contributed by atoms with Crippen LogP contribution in [0.3, 0.4) is 0 Å². The van der Waals surface area contributed by atoms with E-state index < -0.39 is 10.0 Å². The van der Waals surface area contributed by atoms with Gasteiger partial charge in [-0.1, -0.05) is 13.8 Å². The molecule has 2 amide bonds. The van der Waals surface area contributed by atoms with Crippen LogP contribution < -0.4 is 15.1 Å². The summed E-state index contributed by atoms with van der Waals surface area (Å²) in [6.45, 7) is 4.94. The predicted molar refractivity (Wildman–Crippen MR) is 108 cm³/mol. The van der Waals surface area contributed by atoms with Crippen molar-refractivity contribution in [2.75, 3.05) is 43.0 Å². The number of nitrogens with zero attached hydrogens (tertiary/aromatic N) is 3. The van der Waals surface area contributed by atoms with Gasteiger partial charge in [-0.25, -0.2) is 8.42 Å². The number of benzene rings is 1. The minimum Gasteiger partial charge on any atom is -0.358 e. The van der Waals surface area contributed by atoms with Crippen LogP contribution in [0.25, 0.3) is 0 Å². The monoisotopic (exact) mass is 408 g/mol. The average Bonchev–Trinajstić information content (AvgIpc) is 2.71. The first-order valence-electron chi connectivity index (χ1n) is 9.77. The molecule has 0 aliphatic carbocycles. The summed E-state index contributed by atoms with van der Waals surface area (Å²) in [7, 11) is -2.14. The molecule has 154 valence electrons. The molecule has 1 unspecified atom stereocenters. The molecule has 0 bridgehead atoms. The van der Waals surface area contributed by atoms with Gasteiger partial charge in [0.2, 0.25) is 21.8 Å². The molecule has 0 saturated carbocycles. The van der Waals surface area contributed by atoms with Crippen molar-refractivity contribution >= 4 is 33.2 Å². The fourth-order valence-corrected chi connectivity index (χ4v) is 5.47. The van der Waals surface area contributed by atoms with E-state index in [2.05, 4.69) is 10.2 Å². The Bertz CT molecular complexity index is 867. The molecule has 28 heavy (non-hydrogen) atoms. The molecule has 0 spiro atoms. The van der Waals surface area contributed by atoms with E-state index in [1.165, 1.54) is 22.3 Å². The maximum absolute atomic E-state index is 13.1. The van der Waals surface area contributed by atoms with Crippen LogP contribution in [0.15, 0.2) is 23.1 Å². The summed E-state index contributed by atoms with van der Waals surface area (Å²) in [4.78, 5) is 28.8. The topological polar surface area (TPSA) is 90.0 Å². The van der Waals surface area contributed by atoms with E-state index in [1.807, 2.05) is 0 Å². The smallest absolute Gasteiger partial charge is 0.250 e. The lowest BCUT2D eigenvalue weighted by atomic mass is 9.96. The zero-order valence-corrected chi connectivity index (χ0v) is 17.5. The van der Waals surface area contributed by atoms with Gasteiger partial charge in [-0.3, -0.25) is 14.5 Å². The summed E-state index contributed by atoms with van der Waals surface area (Å²) in [6, 6.07) is 4.62. The number of carbonyl (C=O) groups excluding carboxylic acids is 2. The number of amides is 2. The Labute approximate surface area is 166 Å². The van der Waals surface area contributed by atoms with Crippen LogP contribution in [0.1, 0.15) is 33.1 Å². The summed E-state index contributed by atoms with van der Waals surface area (Å²) in [6.07, 6.45) is 2.69. The highest BCUT2D eigenvalue weighted by Crippen LogP contribution is 2.40. The third kappa shape index (κ3) is 3.48. The molecule has 2 aliphatic rings. The van der Waals surface area contributed by atoms with Crippen LogP contribution in [-0.2, 0) is 19.6 Å². The maximum atomic E-state index is 13.1. The lowest BCUT2D eigenvalue weighted by Crippen LogP contribution is -2.57. The van der Waals surface area contributed by atoms with Gasteiger partial charge in [0.25, 0.3) is 0 Å². The highest BCUT2D eigenvalue weighted by Gasteiger charge is 2.40. The van der Waals surface area contributed by atoms with Gasteiger partial charge in [-0.15, -0.1) is 0 Å². The van der Waals surface area contributed by atoms with E-state index >= 15 is 0 Å². The van der Waals surface area contributed by atoms with Crippen molar-refractivity contribution in [1.82, 2.24) is 9.62 Å². The minimum atomic E-state index is -3.66. The molecule has 3 rings (SSSR count). The predicted octanol–water partition coefficient (Wildman–Crippen LogP) is 1.17. The van der Waals surface area contributed by atoms with Gasteiger partial charge >= 0.3 is 0 Å². The van der Waals surface area contributed by atoms with Crippen LogP contribution in [0.2, 0.25) is 0 Å². The van der Waals surface area contributed by atoms with Crippen molar-refractivity contribution in [2.45, 2.75) is 44.0 Å². The zero-order valence-electron chi connectivity index (χ0n) is 16.6. The van der Waals surface area contributed by atoms with E-state index in [4.69, 9.17) is 0 Å². The van der Waals surface area contributed by atoms with E-state index in [0.717, 1.165) is 31.5 Å². The van der Waals surface area contributed by atoms with Crippen LogP contribution in [0.5, 0.6) is 0 Å². The van der Waals surface area contributed by atoms with Gasteiger partial charge in [-0.2, -0.15) is 4.31 Å². The zero-order chi connectivity index (χ0) is 20.5. The van der Waals surface area contributed by atoms with Gasteiger partial charge < -0.3 is 10.2 Å². The maximum Gasteiger partial charge on any atom is 0.250 e. The highest BCUT2D eigenvalue weighted by atomic mass is 32.2. The second-order valence-corrected chi connectivity index (χ2v) is 8.98. The van der Waals surface area contributed by atoms with Crippen LogP contribution in [-0.4, -0.2) is 63.8 Å². The molecule has 1 fully saturated rings. The normalized spacial score (nSPS) is 19.4. The van der Waals surface area contributed by atoms with Gasteiger partial charge in [0.1, 0.15) is 12.6 Å². The van der Waals surface area contributed by atoms with Crippen molar-refractivity contribution in [1.29, 1.82) is 0 Å². The number of fused-ring (bicyclic) bond motifs is 3. The molecule has 2 aliphatic heterocycles. The fraction of sp³-hybridized carbons (Fsp3) is 0.579. The van der Waals surface area contributed by atoms with Crippen LogP contribution in [0.4, 0.5) is 11.4 Å². The molecule has 2 heterocycles. The first-order valence-corrected chi connectivity index (χ1v) is 11.2. The summed E-state index contributed by atoms with van der Waals surface area (Å²) in [5.41, 5.74) is 1.30. The van der Waals surface area contributed by atoms with E-state index in [-0.39, 0.29) is 29.3 Å². The number of sulfonamides is 1. The number of hydrogen-bond donors (Lipinski definition) is 1. The second-order valence-electron chi connectivity index (χ2n) is 7.04. The van der Waals surface area contributed by atoms with E-state index in [9.17, 15) is 18.0 Å².